The molecule has 1 aromatic heterocycles. The molecule has 1 aromatic carbocycles. The molecule has 20 heavy (non-hydrogen) atoms. The molecule has 0 unspecified atom stereocenters. The van der Waals surface area contributed by atoms with Crippen LogP contribution >= 0.6 is 15.9 Å². The maximum Gasteiger partial charge on any atom is 0.186 e. The summed E-state index contributed by atoms with van der Waals surface area (Å²) >= 11 is 3.27. The van der Waals surface area contributed by atoms with Crippen molar-refractivity contribution in [2.45, 2.75) is 24.1 Å². The largest absolute Gasteiger partial charge is 0.464 e. The molecular formula is C14H16BrNO3S. The molecule has 2 rings (SSSR count). The molecule has 0 amide bonds. The van der Waals surface area contributed by atoms with E-state index in [2.05, 4.69) is 21.2 Å². The summed E-state index contributed by atoms with van der Waals surface area (Å²) < 4.78 is 30.8. The molecule has 0 aliphatic carbocycles. The molecule has 0 spiro atoms. The van der Waals surface area contributed by atoms with Gasteiger partial charge in [0.15, 0.2) is 9.84 Å². The van der Waals surface area contributed by atoms with Gasteiger partial charge in [-0.15, -0.1) is 0 Å². The van der Waals surface area contributed by atoms with E-state index in [-0.39, 0.29) is 10.6 Å². The Bertz CT molecular complexity index is 679. The van der Waals surface area contributed by atoms with E-state index in [1.54, 1.807) is 36.4 Å². The second-order valence-corrected chi connectivity index (χ2v) is 7.15. The number of benzene rings is 1. The van der Waals surface area contributed by atoms with E-state index in [0.717, 1.165) is 12.3 Å². The van der Waals surface area contributed by atoms with Gasteiger partial charge in [-0.05, 0) is 46.7 Å². The fourth-order valence-electron chi connectivity index (χ4n) is 1.81. The van der Waals surface area contributed by atoms with Crippen LogP contribution in [0.15, 0.2) is 50.2 Å². The van der Waals surface area contributed by atoms with Crippen LogP contribution in [0.5, 0.6) is 0 Å². The highest BCUT2D eigenvalue weighted by Crippen LogP contribution is 2.25. The fraction of sp³-hybridized carbons (Fsp3) is 0.286. The first kappa shape index (κ1) is 15.3. The highest BCUT2D eigenvalue weighted by Gasteiger charge is 2.20. The van der Waals surface area contributed by atoms with Crippen LogP contribution in [-0.4, -0.2) is 15.0 Å². The molecule has 2 aromatic rings. The quantitative estimate of drug-likeness (QED) is 0.862. The highest BCUT2D eigenvalue weighted by atomic mass is 79.9. The Morgan fingerprint density at radius 3 is 2.55 bits per heavy atom. The maximum absolute atomic E-state index is 12.3. The summed E-state index contributed by atoms with van der Waals surface area (Å²) in [5, 5.41) is 3.13. The van der Waals surface area contributed by atoms with Crippen LogP contribution in [-0.2, 0) is 22.1 Å². The van der Waals surface area contributed by atoms with Crippen molar-refractivity contribution in [3.8, 4) is 0 Å². The minimum atomic E-state index is -3.41. The molecule has 0 atom stereocenters. The normalized spacial score (nSPS) is 11.7. The van der Waals surface area contributed by atoms with Crippen molar-refractivity contribution in [1.82, 2.24) is 5.32 Å². The number of hydrogen-bond donors (Lipinski definition) is 1. The van der Waals surface area contributed by atoms with Crippen molar-refractivity contribution in [3.05, 3.63) is 52.4 Å². The van der Waals surface area contributed by atoms with Crippen LogP contribution in [0.3, 0.4) is 0 Å². The van der Waals surface area contributed by atoms with E-state index >= 15 is 0 Å². The number of rotatable bonds is 6. The van der Waals surface area contributed by atoms with Gasteiger partial charge in [0.1, 0.15) is 17.3 Å². The predicted octanol–water partition coefficient (Wildman–Crippen LogP) is 3.13. The fourth-order valence-corrected chi connectivity index (χ4v) is 4.17. The first-order valence-electron chi connectivity index (χ1n) is 6.28. The van der Waals surface area contributed by atoms with Crippen molar-refractivity contribution in [2.24, 2.45) is 0 Å². The molecule has 4 nitrogen and oxygen atoms in total. The van der Waals surface area contributed by atoms with Crippen LogP contribution in [0.4, 0.5) is 0 Å². The lowest BCUT2D eigenvalue weighted by atomic mass is 10.4. The third-order valence-corrected chi connectivity index (χ3v) is 5.42. The lowest BCUT2D eigenvalue weighted by molar-refractivity contribution is 0.459. The van der Waals surface area contributed by atoms with Gasteiger partial charge in [0.05, 0.1) is 11.4 Å². The van der Waals surface area contributed by atoms with Crippen LogP contribution in [0, 0.1) is 0 Å². The maximum atomic E-state index is 12.3. The molecule has 0 radical (unpaired) electrons. The Hall–Kier alpha value is -1.11. The minimum absolute atomic E-state index is 0.137. The van der Waals surface area contributed by atoms with E-state index in [1.807, 2.05) is 6.92 Å². The van der Waals surface area contributed by atoms with Crippen LogP contribution in [0.1, 0.15) is 18.4 Å². The van der Waals surface area contributed by atoms with Gasteiger partial charge in [-0.2, -0.15) is 0 Å². The average Bonchev–Trinajstić information content (AvgIpc) is 2.83. The average molecular weight is 358 g/mol. The Morgan fingerprint density at radius 1 is 1.15 bits per heavy atom. The summed E-state index contributed by atoms with van der Waals surface area (Å²) in [5.41, 5.74) is 0. The van der Waals surface area contributed by atoms with Gasteiger partial charge in [0, 0.05) is 4.47 Å². The van der Waals surface area contributed by atoms with E-state index in [0.29, 0.717) is 16.8 Å². The first-order chi connectivity index (χ1) is 9.53. The van der Waals surface area contributed by atoms with Crippen molar-refractivity contribution < 1.29 is 12.8 Å². The molecule has 0 aliphatic heterocycles. The van der Waals surface area contributed by atoms with E-state index < -0.39 is 9.84 Å². The third-order valence-electron chi connectivity index (χ3n) is 2.77. The van der Waals surface area contributed by atoms with Crippen molar-refractivity contribution in [2.75, 3.05) is 6.54 Å². The minimum Gasteiger partial charge on any atom is -0.464 e. The first-order valence-corrected chi connectivity index (χ1v) is 8.73. The molecule has 0 fully saturated rings. The molecule has 0 saturated heterocycles. The lowest BCUT2D eigenvalue weighted by Crippen LogP contribution is -2.10. The summed E-state index contributed by atoms with van der Waals surface area (Å²) in [6, 6.07) is 10.3. The third kappa shape index (κ3) is 3.71. The van der Waals surface area contributed by atoms with E-state index in [9.17, 15) is 8.42 Å². The van der Waals surface area contributed by atoms with Gasteiger partial charge in [0.25, 0.3) is 0 Å². The lowest BCUT2D eigenvalue weighted by Gasteiger charge is -2.05. The molecular weight excluding hydrogens is 342 g/mol. The summed E-state index contributed by atoms with van der Waals surface area (Å²) in [7, 11) is -3.41. The van der Waals surface area contributed by atoms with Crippen LogP contribution in [0.2, 0.25) is 0 Å². The van der Waals surface area contributed by atoms with Gasteiger partial charge in [0.2, 0.25) is 0 Å². The smallest absolute Gasteiger partial charge is 0.186 e. The van der Waals surface area contributed by atoms with Crippen molar-refractivity contribution in [1.29, 1.82) is 0 Å². The van der Waals surface area contributed by atoms with Crippen LogP contribution in [0.25, 0.3) is 0 Å². The number of furan rings is 1. The van der Waals surface area contributed by atoms with Gasteiger partial charge in [-0.25, -0.2) is 8.42 Å². The number of nitrogens with one attached hydrogen (secondary N) is 1. The monoisotopic (exact) mass is 357 g/mol. The zero-order valence-electron chi connectivity index (χ0n) is 11.1. The van der Waals surface area contributed by atoms with Crippen LogP contribution < -0.4 is 5.32 Å². The second-order valence-electron chi connectivity index (χ2n) is 4.34. The van der Waals surface area contributed by atoms with Crippen molar-refractivity contribution >= 4 is 25.8 Å². The standard InChI is InChI=1S/C14H16BrNO3S/c1-2-16-9-11-7-8-12(19-11)10-20(17,18)14-6-4-3-5-13(14)15/h3-8,16H,2,9-10H2,1H3. The number of sulfone groups is 1. The Kier molecular flexibility index (Phi) is 5.01. The Morgan fingerprint density at radius 2 is 1.85 bits per heavy atom. The summed E-state index contributed by atoms with van der Waals surface area (Å²) in [4.78, 5) is 0.282. The highest BCUT2D eigenvalue weighted by molar-refractivity contribution is 9.10. The summed E-state index contributed by atoms with van der Waals surface area (Å²) in [5.74, 6) is 1.06. The van der Waals surface area contributed by atoms with Gasteiger partial charge in [-0.1, -0.05) is 19.1 Å². The zero-order valence-corrected chi connectivity index (χ0v) is 13.5. The molecule has 0 bridgehead atoms. The zero-order chi connectivity index (χ0) is 14.6. The topological polar surface area (TPSA) is 59.3 Å². The molecule has 108 valence electrons. The second kappa shape index (κ2) is 6.56. The Labute approximate surface area is 127 Å². The van der Waals surface area contributed by atoms with E-state index in [1.165, 1.54) is 0 Å². The Balaban J connectivity index is 2.16. The summed E-state index contributed by atoms with van der Waals surface area (Å²) in [6.45, 7) is 3.44. The molecule has 1 N–H and O–H groups in total. The number of hydrogen-bond acceptors (Lipinski definition) is 4. The van der Waals surface area contributed by atoms with Gasteiger partial charge in [-0.3, -0.25) is 0 Å². The molecule has 0 aliphatic rings. The van der Waals surface area contributed by atoms with Crippen molar-refractivity contribution in [3.63, 3.8) is 0 Å². The molecule has 0 saturated carbocycles. The summed E-state index contributed by atoms with van der Waals surface area (Å²) in [6.07, 6.45) is 0. The molecule has 1 heterocycles. The SMILES string of the molecule is CCNCc1ccc(CS(=O)(=O)c2ccccc2Br)o1. The van der Waals surface area contributed by atoms with Gasteiger partial charge < -0.3 is 9.73 Å². The number of halogens is 1. The van der Waals surface area contributed by atoms with Gasteiger partial charge >= 0.3 is 0 Å². The predicted molar refractivity (Wildman–Crippen MR) is 81.1 cm³/mol. The molecule has 6 heteroatoms. The van der Waals surface area contributed by atoms with E-state index in [4.69, 9.17) is 4.42 Å².